The Labute approximate surface area is 105 Å². The molecule has 0 radical (unpaired) electrons. The van der Waals surface area contributed by atoms with Gasteiger partial charge < -0.3 is 11.1 Å². The monoisotopic (exact) mass is 284 g/mol. The fourth-order valence-corrected chi connectivity index (χ4v) is 1.82. The topological polar surface area (TPSA) is 55.1 Å². The predicted octanol–water partition coefficient (Wildman–Crippen LogP) is 2.76. The van der Waals surface area contributed by atoms with Crippen molar-refractivity contribution in [2.24, 2.45) is 11.7 Å². The first kappa shape index (κ1) is 13.2. The van der Waals surface area contributed by atoms with E-state index in [1.807, 2.05) is 38.1 Å². The standard InChI is InChI=1S/C12H17BrN2O/c1-8(2)6-11(14)12(16)15-10-5-3-4-9(13)7-10/h3-5,7-8,11H,6,14H2,1-2H3,(H,15,16). The van der Waals surface area contributed by atoms with E-state index in [1.54, 1.807) is 0 Å². The highest BCUT2D eigenvalue weighted by Gasteiger charge is 2.14. The Bertz CT molecular complexity index is 366. The summed E-state index contributed by atoms with van der Waals surface area (Å²) in [5, 5.41) is 2.79. The van der Waals surface area contributed by atoms with Gasteiger partial charge in [-0.05, 0) is 30.5 Å². The van der Waals surface area contributed by atoms with E-state index >= 15 is 0 Å². The zero-order chi connectivity index (χ0) is 12.1. The molecule has 0 spiro atoms. The molecular weight excluding hydrogens is 268 g/mol. The molecule has 0 fully saturated rings. The van der Waals surface area contributed by atoms with Crippen LogP contribution in [0.25, 0.3) is 0 Å². The van der Waals surface area contributed by atoms with Crippen LogP contribution in [0.15, 0.2) is 28.7 Å². The van der Waals surface area contributed by atoms with Gasteiger partial charge in [0.1, 0.15) is 0 Å². The Morgan fingerprint density at radius 2 is 2.19 bits per heavy atom. The van der Waals surface area contributed by atoms with E-state index in [-0.39, 0.29) is 5.91 Å². The van der Waals surface area contributed by atoms with Gasteiger partial charge in [0.25, 0.3) is 0 Å². The molecule has 16 heavy (non-hydrogen) atoms. The van der Waals surface area contributed by atoms with Crippen molar-refractivity contribution in [3.63, 3.8) is 0 Å². The molecule has 3 N–H and O–H groups in total. The SMILES string of the molecule is CC(C)CC(N)C(=O)Nc1cccc(Br)c1. The Morgan fingerprint density at radius 1 is 1.50 bits per heavy atom. The lowest BCUT2D eigenvalue weighted by molar-refractivity contribution is -0.117. The maximum absolute atomic E-state index is 11.7. The number of nitrogens with two attached hydrogens (primary N) is 1. The van der Waals surface area contributed by atoms with E-state index in [1.165, 1.54) is 0 Å². The number of amides is 1. The molecule has 0 saturated carbocycles. The molecule has 0 aliphatic heterocycles. The summed E-state index contributed by atoms with van der Waals surface area (Å²) in [6.07, 6.45) is 0.694. The van der Waals surface area contributed by atoms with Gasteiger partial charge in [0.15, 0.2) is 0 Å². The molecule has 1 amide bonds. The van der Waals surface area contributed by atoms with Crippen molar-refractivity contribution in [1.82, 2.24) is 0 Å². The van der Waals surface area contributed by atoms with Gasteiger partial charge in [-0.1, -0.05) is 35.8 Å². The molecule has 0 aliphatic rings. The third kappa shape index (κ3) is 4.33. The Hall–Kier alpha value is -0.870. The van der Waals surface area contributed by atoms with Crippen molar-refractivity contribution in [3.05, 3.63) is 28.7 Å². The van der Waals surface area contributed by atoms with Crippen molar-refractivity contribution < 1.29 is 4.79 Å². The van der Waals surface area contributed by atoms with E-state index < -0.39 is 6.04 Å². The van der Waals surface area contributed by atoms with E-state index in [0.29, 0.717) is 12.3 Å². The van der Waals surface area contributed by atoms with Crippen LogP contribution in [-0.2, 0) is 4.79 Å². The minimum Gasteiger partial charge on any atom is -0.325 e. The van der Waals surface area contributed by atoms with Crippen molar-refractivity contribution >= 4 is 27.5 Å². The molecule has 0 aliphatic carbocycles. The van der Waals surface area contributed by atoms with Crippen molar-refractivity contribution in [3.8, 4) is 0 Å². The highest BCUT2D eigenvalue weighted by molar-refractivity contribution is 9.10. The van der Waals surface area contributed by atoms with Crippen LogP contribution in [0.5, 0.6) is 0 Å². The minimum absolute atomic E-state index is 0.133. The van der Waals surface area contributed by atoms with Gasteiger partial charge in [0, 0.05) is 10.2 Å². The lowest BCUT2D eigenvalue weighted by Crippen LogP contribution is -2.36. The maximum atomic E-state index is 11.7. The summed E-state index contributed by atoms with van der Waals surface area (Å²) in [4.78, 5) is 11.7. The van der Waals surface area contributed by atoms with Gasteiger partial charge in [-0.3, -0.25) is 4.79 Å². The highest BCUT2D eigenvalue weighted by atomic mass is 79.9. The van der Waals surface area contributed by atoms with Gasteiger partial charge in [-0.2, -0.15) is 0 Å². The quantitative estimate of drug-likeness (QED) is 0.893. The van der Waals surface area contributed by atoms with Gasteiger partial charge in [0.2, 0.25) is 5.91 Å². The summed E-state index contributed by atoms with van der Waals surface area (Å²) < 4.78 is 0.933. The molecule has 0 heterocycles. The average Bonchev–Trinajstić information content (AvgIpc) is 2.16. The maximum Gasteiger partial charge on any atom is 0.241 e. The molecule has 0 saturated heterocycles. The highest BCUT2D eigenvalue weighted by Crippen LogP contribution is 2.16. The average molecular weight is 285 g/mol. The Balaban J connectivity index is 2.57. The smallest absolute Gasteiger partial charge is 0.241 e. The van der Waals surface area contributed by atoms with Crippen molar-refractivity contribution in [1.29, 1.82) is 0 Å². The van der Waals surface area contributed by atoms with Crippen molar-refractivity contribution in [2.45, 2.75) is 26.3 Å². The molecule has 1 rings (SSSR count). The molecule has 4 heteroatoms. The fraction of sp³-hybridized carbons (Fsp3) is 0.417. The number of carbonyl (C=O) groups excluding carboxylic acids is 1. The largest absolute Gasteiger partial charge is 0.325 e. The number of hydrogen-bond acceptors (Lipinski definition) is 2. The normalized spacial score (nSPS) is 12.6. The first-order chi connectivity index (χ1) is 7.49. The van der Waals surface area contributed by atoms with E-state index in [0.717, 1.165) is 10.2 Å². The number of hydrogen-bond donors (Lipinski definition) is 2. The van der Waals surface area contributed by atoms with Crippen LogP contribution in [0.2, 0.25) is 0 Å². The summed E-state index contributed by atoms with van der Waals surface area (Å²) in [6, 6.07) is 7.02. The van der Waals surface area contributed by atoms with E-state index in [4.69, 9.17) is 5.73 Å². The molecule has 3 nitrogen and oxygen atoms in total. The summed E-state index contributed by atoms with van der Waals surface area (Å²) in [7, 11) is 0. The van der Waals surface area contributed by atoms with Gasteiger partial charge in [0.05, 0.1) is 6.04 Å². The number of benzene rings is 1. The molecule has 0 aromatic heterocycles. The summed E-state index contributed by atoms with van der Waals surface area (Å²) in [6.45, 7) is 4.10. The van der Waals surface area contributed by atoms with Crippen LogP contribution in [-0.4, -0.2) is 11.9 Å². The summed E-state index contributed by atoms with van der Waals surface area (Å²) in [5.74, 6) is 0.287. The summed E-state index contributed by atoms with van der Waals surface area (Å²) in [5.41, 5.74) is 6.54. The van der Waals surface area contributed by atoms with Gasteiger partial charge >= 0.3 is 0 Å². The zero-order valence-electron chi connectivity index (χ0n) is 9.53. The zero-order valence-corrected chi connectivity index (χ0v) is 11.1. The second kappa shape index (κ2) is 6.01. The van der Waals surface area contributed by atoms with Crippen molar-refractivity contribution in [2.75, 3.05) is 5.32 Å². The second-order valence-electron chi connectivity index (χ2n) is 4.24. The lowest BCUT2D eigenvalue weighted by atomic mass is 10.0. The van der Waals surface area contributed by atoms with Crippen LogP contribution in [0.3, 0.4) is 0 Å². The molecule has 0 bridgehead atoms. The molecule has 1 aromatic rings. The Kier molecular flexibility index (Phi) is 4.96. The van der Waals surface area contributed by atoms with Crippen LogP contribution in [0.4, 0.5) is 5.69 Å². The molecule has 1 atom stereocenters. The van der Waals surface area contributed by atoms with E-state index in [2.05, 4.69) is 21.2 Å². The third-order valence-corrected chi connectivity index (χ3v) is 2.65. The van der Waals surface area contributed by atoms with Crippen LogP contribution in [0.1, 0.15) is 20.3 Å². The van der Waals surface area contributed by atoms with Crippen LogP contribution in [0, 0.1) is 5.92 Å². The molecule has 1 unspecified atom stereocenters. The Morgan fingerprint density at radius 3 is 2.75 bits per heavy atom. The van der Waals surface area contributed by atoms with Gasteiger partial charge in [-0.15, -0.1) is 0 Å². The number of halogens is 1. The minimum atomic E-state index is -0.445. The molecule has 1 aromatic carbocycles. The fourth-order valence-electron chi connectivity index (χ4n) is 1.42. The predicted molar refractivity (Wildman–Crippen MR) is 70.2 cm³/mol. The first-order valence-corrected chi connectivity index (χ1v) is 6.10. The summed E-state index contributed by atoms with van der Waals surface area (Å²) >= 11 is 3.35. The number of rotatable bonds is 4. The molecular formula is C12H17BrN2O. The number of nitrogens with one attached hydrogen (secondary N) is 1. The first-order valence-electron chi connectivity index (χ1n) is 5.31. The van der Waals surface area contributed by atoms with Crippen LogP contribution >= 0.6 is 15.9 Å². The van der Waals surface area contributed by atoms with Crippen LogP contribution < -0.4 is 11.1 Å². The number of anilines is 1. The third-order valence-electron chi connectivity index (χ3n) is 2.15. The number of carbonyl (C=O) groups is 1. The van der Waals surface area contributed by atoms with Gasteiger partial charge in [-0.25, -0.2) is 0 Å². The lowest BCUT2D eigenvalue weighted by Gasteiger charge is -2.14. The van der Waals surface area contributed by atoms with E-state index in [9.17, 15) is 4.79 Å². The molecule has 88 valence electrons. The second-order valence-corrected chi connectivity index (χ2v) is 5.15.